The minimum atomic E-state index is -0.166. The Bertz CT molecular complexity index is 734. The molecule has 0 spiro atoms. The van der Waals surface area contributed by atoms with Crippen LogP contribution in [0.4, 0.5) is 0 Å². The number of phenolic OH excluding ortho intramolecular Hbond substituents is 1. The van der Waals surface area contributed by atoms with E-state index in [1.807, 2.05) is 6.07 Å². The lowest BCUT2D eigenvalue weighted by atomic mass is 9.83. The minimum Gasteiger partial charge on any atom is -0.507 e. The van der Waals surface area contributed by atoms with Gasteiger partial charge >= 0.3 is 0 Å². The summed E-state index contributed by atoms with van der Waals surface area (Å²) in [5.74, 6) is 0.705. The highest BCUT2D eigenvalue weighted by atomic mass is 16.3. The van der Waals surface area contributed by atoms with E-state index in [0.717, 1.165) is 24.0 Å². The Kier molecular flexibility index (Phi) is 3.16. The van der Waals surface area contributed by atoms with Crippen LogP contribution in [-0.2, 0) is 5.41 Å². The average Bonchev–Trinajstić information content (AvgIpc) is 3.23. The van der Waals surface area contributed by atoms with Crippen LogP contribution in [-0.4, -0.2) is 10.1 Å². The number of hydrogen-bond acceptors (Lipinski definition) is 2. The van der Waals surface area contributed by atoms with E-state index in [-0.39, 0.29) is 16.7 Å². The van der Waals surface area contributed by atoms with Crippen molar-refractivity contribution >= 4 is 0 Å². The molecular formula is C18H21NO2. The average molecular weight is 283 g/mol. The van der Waals surface area contributed by atoms with Crippen LogP contribution in [0.5, 0.6) is 5.75 Å². The van der Waals surface area contributed by atoms with E-state index in [2.05, 4.69) is 31.8 Å². The van der Waals surface area contributed by atoms with Crippen LogP contribution in [0.15, 0.2) is 35.3 Å². The molecule has 0 radical (unpaired) electrons. The highest BCUT2D eigenvalue weighted by molar-refractivity contribution is 5.73. The third-order valence-corrected chi connectivity index (χ3v) is 4.13. The summed E-state index contributed by atoms with van der Waals surface area (Å²) in [4.78, 5) is 14.7. The van der Waals surface area contributed by atoms with E-state index in [9.17, 15) is 9.90 Å². The number of phenols is 1. The molecule has 3 rings (SSSR count). The third kappa shape index (κ3) is 2.60. The van der Waals surface area contributed by atoms with E-state index < -0.39 is 0 Å². The lowest BCUT2D eigenvalue weighted by Gasteiger charge is -2.22. The van der Waals surface area contributed by atoms with E-state index in [1.54, 1.807) is 18.3 Å². The van der Waals surface area contributed by atoms with Crippen LogP contribution in [0.3, 0.4) is 0 Å². The predicted molar refractivity (Wildman–Crippen MR) is 84.8 cm³/mol. The highest BCUT2D eigenvalue weighted by Gasteiger charge is 2.30. The van der Waals surface area contributed by atoms with Gasteiger partial charge in [0.1, 0.15) is 5.75 Å². The molecule has 21 heavy (non-hydrogen) atoms. The molecule has 0 amide bonds. The van der Waals surface area contributed by atoms with E-state index >= 15 is 0 Å². The summed E-state index contributed by atoms with van der Waals surface area (Å²) in [5.41, 5.74) is 3.13. The highest BCUT2D eigenvalue weighted by Crippen LogP contribution is 2.48. The van der Waals surface area contributed by atoms with Crippen LogP contribution in [0.1, 0.15) is 50.7 Å². The molecule has 3 nitrogen and oxygen atoms in total. The van der Waals surface area contributed by atoms with Gasteiger partial charge in [0.2, 0.25) is 0 Å². The Morgan fingerprint density at radius 1 is 1.19 bits per heavy atom. The first-order valence-corrected chi connectivity index (χ1v) is 7.43. The fraction of sp³-hybridized carbons (Fsp3) is 0.389. The molecule has 1 aliphatic carbocycles. The van der Waals surface area contributed by atoms with Crippen molar-refractivity contribution in [3.63, 3.8) is 0 Å². The molecular weight excluding hydrogens is 262 g/mol. The number of benzene rings is 1. The van der Waals surface area contributed by atoms with Crippen molar-refractivity contribution in [3.05, 3.63) is 51.9 Å². The monoisotopic (exact) mass is 283 g/mol. The van der Waals surface area contributed by atoms with Crippen LogP contribution < -0.4 is 5.56 Å². The second-order valence-electron chi connectivity index (χ2n) is 6.90. The summed E-state index contributed by atoms with van der Waals surface area (Å²) in [6.45, 7) is 6.44. The topological polar surface area (TPSA) is 53.1 Å². The van der Waals surface area contributed by atoms with Gasteiger partial charge in [-0.05, 0) is 53.5 Å². The van der Waals surface area contributed by atoms with Gasteiger partial charge in [-0.2, -0.15) is 0 Å². The Labute approximate surface area is 124 Å². The number of rotatable bonds is 2. The number of aromatic amines is 1. The molecule has 1 aromatic heterocycles. The summed E-state index contributed by atoms with van der Waals surface area (Å²) in [5, 5.41) is 10.6. The minimum absolute atomic E-state index is 0.0202. The summed E-state index contributed by atoms with van der Waals surface area (Å²) < 4.78 is 0. The first-order valence-electron chi connectivity index (χ1n) is 7.43. The Hall–Kier alpha value is -2.03. The van der Waals surface area contributed by atoms with Gasteiger partial charge < -0.3 is 10.1 Å². The lowest BCUT2D eigenvalue weighted by molar-refractivity contribution is 0.469. The van der Waals surface area contributed by atoms with E-state index in [4.69, 9.17) is 0 Å². The molecule has 1 saturated carbocycles. The van der Waals surface area contributed by atoms with Crippen LogP contribution >= 0.6 is 0 Å². The normalized spacial score (nSPS) is 15.2. The standard InChI is InChI=1S/C18H21NO2/c1-18(2,3)12-9-14(11-6-7-11)16(20)15(10-12)13-5-4-8-19-17(13)21/h4-5,8-11,20H,6-7H2,1-3H3,(H,19,21). The molecule has 0 atom stereocenters. The molecule has 2 N–H and O–H groups in total. The van der Waals surface area contributed by atoms with Crippen LogP contribution in [0.25, 0.3) is 11.1 Å². The van der Waals surface area contributed by atoms with Gasteiger partial charge in [0.05, 0.1) is 5.56 Å². The fourth-order valence-electron chi connectivity index (χ4n) is 2.63. The lowest BCUT2D eigenvalue weighted by Crippen LogP contribution is -2.13. The third-order valence-electron chi connectivity index (χ3n) is 4.13. The molecule has 1 aliphatic rings. The molecule has 1 heterocycles. The van der Waals surface area contributed by atoms with Crippen molar-refractivity contribution in [1.29, 1.82) is 0 Å². The summed E-state index contributed by atoms with van der Waals surface area (Å²) >= 11 is 0. The second kappa shape index (κ2) is 4.76. The van der Waals surface area contributed by atoms with Crippen molar-refractivity contribution < 1.29 is 5.11 Å². The summed E-state index contributed by atoms with van der Waals surface area (Å²) in [6, 6.07) is 7.60. The van der Waals surface area contributed by atoms with Crippen molar-refractivity contribution in [2.45, 2.75) is 44.9 Å². The SMILES string of the molecule is CC(C)(C)c1cc(-c2ccc[nH]c2=O)c(O)c(C2CC2)c1. The largest absolute Gasteiger partial charge is 0.507 e. The van der Waals surface area contributed by atoms with Gasteiger partial charge in [-0.3, -0.25) is 4.79 Å². The fourth-order valence-corrected chi connectivity index (χ4v) is 2.63. The number of hydrogen-bond donors (Lipinski definition) is 2. The first kappa shape index (κ1) is 13.9. The van der Waals surface area contributed by atoms with Gasteiger partial charge in [-0.1, -0.05) is 26.8 Å². The zero-order chi connectivity index (χ0) is 15.2. The number of aromatic hydroxyl groups is 1. The Balaban J connectivity index is 2.26. The second-order valence-corrected chi connectivity index (χ2v) is 6.90. The van der Waals surface area contributed by atoms with Gasteiger partial charge in [0, 0.05) is 11.8 Å². The van der Waals surface area contributed by atoms with Crippen molar-refractivity contribution in [2.75, 3.05) is 0 Å². The Morgan fingerprint density at radius 3 is 2.48 bits per heavy atom. The smallest absolute Gasteiger partial charge is 0.255 e. The van der Waals surface area contributed by atoms with Gasteiger partial charge in [0.15, 0.2) is 0 Å². The number of aromatic nitrogens is 1. The summed E-state index contributed by atoms with van der Waals surface area (Å²) in [7, 11) is 0. The number of pyridine rings is 1. The maximum absolute atomic E-state index is 12.1. The molecule has 1 fully saturated rings. The molecule has 110 valence electrons. The molecule has 1 aromatic carbocycles. The van der Waals surface area contributed by atoms with E-state index in [1.165, 1.54) is 0 Å². The van der Waals surface area contributed by atoms with Gasteiger partial charge in [-0.25, -0.2) is 0 Å². The molecule has 0 aliphatic heterocycles. The molecule has 3 heteroatoms. The van der Waals surface area contributed by atoms with Crippen molar-refractivity contribution in [3.8, 4) is 16.9 Å². The molecule has 0 saturated heterocycles. The van der Waals surface area contributed by atoms with Crippen LogP contribution in [0.2, 0.25) is 0 Å². The molecule has 2 aromatic rings. The Morgan fingerprint density at radius 2 is 1.90 bits per heavy atom. The van der Waals surface area contributed by atoms with Crippen LogP contribution in [0, 0.1) is 0 Å². The maximum atomic E-state index is 12.1. The zero-order valence-corrected chi connectivity index (χ0v) is 12.7. The zero-order valence-electron chi connectivity index (χ0n) is 12.7. The molecule has 0 unspecified atom stereocenters. The number of H-pyrrole nitrogens is 1. The van der Waals surface area contributed by atoms with Crippen molar-refractivity contribution in [2.24, 2.45) is 0 Å². The van der Waals surface area contributed by atoms with Gasteiger partial charge in [0.25, 0.3) is 5.56 Å². The number of nitrogens with one attached hydrogen (secondary N) is 1. The van der Waals surface area contributed by atoms with E-state index in [0.29, 0.717) is 17.0 Å². The first-order chi connectivity index (χ1) is 9.88. The predicted octanol–water partition coefficient (Wildman–Crippen LogP) is 3.92. The van der Waals surface area contributed by atoms with Gasteiger partial charge in [-0.15, -0.1) is 0 Å². The maximum Gasteiger partial charge on any atom is 0.255 e. The quantitative estimate of drug-likeness (QED) is 0.877. The summed E-state index contributed by atoms with van der Waals surface area (Å²) in [6.07, 6.45) is 3.84. The van der Waals surface area contributed by atoms with Crippen molar-refractivity contribution in [1.82, 2.24) is 4.98 Å². The molecule has 0 bridgehead atoms.